The summed E-state index contributed by atoms with van der Waals surface area (Å²) in [5, 5.41) is 3.40. The SMILES string of the molecule is CCC(CC)N(C)CC(NC)c1ccc(OC)c(OC)c1. The van der Waals surface area contributed by atoms with E-state index in [2.05, 4.69) is 43.2 Å². The van der Waals surface area contributed by atoms with Gasteiger partial charge in [0.15, 0.2) is 11.5 Å². The first-order valence-corrected chi connectivity index (χ1v) is 7.70. The van der Waals surface area contributed by atoms with Crippen LogP contribution in [0, 0.1) is 0 Å². The third-order valence-corrected chi connectivity index (χ3v) is 4.19. The van der Waals surface area contributed by atoms with Gasteiger partial charge in [0, 0.05) is 18.6 Å². The maximum Gasteiger partial charge on any atom is 0.161 e. The van der Waals surface area contributed by atoms with Gasteiger partial charge in [0.1, 0.15) is 0 Å². The Morgan fingerprint density at radius 3 is 2.19 bits per heavy atom. The number of hydrogen-bond donors (Lipinski definition) is 1. The Morgan fingerprint density at radius 2 is 1.71 bits per heavy atom. The molecule has 1 rings (SSSR count). The van der Waals surface area contributed by atoms with Crippen LogP contribution in [0.25, 0.3) is 0 Å². The second kappa shape index (κ2) is 8.90. The normalized spacial score (nSPS) is 12.8. The smallest absolute Gasteiger partial charge is 0.161 e. The number of hydrogen-bond acceptors (Lipinski definition) is 4. The molecule has 0 heterocycles. The Hall–Kier alpha value is -1.26. The highest BCUT2D eigenvalue weighted by Gasteiger charge is 2.18. The van der Waals surface area contributed by atoms with Gasteiger partial charge in [0.25, 0.3) is 0 Å². The van der Waals surface area contributed by atoms with E-state index >= 15 is 0 Å². The van der Waals surface area contributed by atoms with E-state index in [1.54, 1.807) is 14.2 Å². The largest absolute Gasteiger partial charge is 0.493 e. The van der Waals surface area contributed by atoms with Gasteiger partial charge in [0.2, 0.25) is 0 Å². The molecule has 0 amide bonds. The molecule has 0 aliphatic heterocycles. The molecule has 0 radical (unpaired) electrons. The molecule has 1 atom stereocenters. The van der Waals surface area contributed by atoms with E-state index in [9.17, 15) is 0 Å². The Labute approximate surface area is 129 Å². The fraction of sp³-hybridized carbons (Fsp3) is 0.647. The van der Waals surface area contributed by atoms with E-state index < -0.39 is 0 Å². The van der Waals surface area contributed by atoms with Crippen LogP contribution in [0.5, 0.6) is 11.5 Å². The zero-order valence-electron chi connectivity index (χ0n) is 14.3. The van der Waals surface area contributed by atoms with Crippen molar-refractivity contribution in [1.29, 1.82) is 0 Å². The van der Waals surface area contributed by atoms with E-state index in [0.29, 0.717) is 6.04 Å². The van der Waals surface area contributed by atoms with Gasteiger partial charge in [0.05, 0.1) is 14.2 Å². The maximum absolute atomic E-state index is 5.40. The number of methoxy groups -OCH3 is 2. The molecular weight excluding hydrogens is 264 g/mol. The molecule has 0 bridgehead atoms. The van der Waals surface area contributed by atoms with Crippen LogP contribution in [-0.2, 0) is 0 Å². The van der Waals surface area contributed by atoms with Gasteiger partial charge in [-0.1, -0.05) is 19.9 Å². The fourth-order valence-corrected chi connectivity index (χ4v) is 2.78. The predicted molar refractivity (Wildman–Crippen MR) is 88.3 cm³/mol. The number of ether oxygens (including phenoxy) is 2. The molecule has 1 N–H and O–H groups in total. The molecular formula is C17H30N2O2. The van der Waals surface area contributed by atoms with Gasteiger partial charge in [-0.3, -0.25) is 0 Å². The summed E-state index contributed by atoms with van der Waals surface area (Å²) < 4.78 is 10.7. The van der Waals surface area contributed by atoms with Crippen molar-refractivity contribution in [2.75, 3.05) is 34.9 Å². The second-order valence-electron chi connectivity index (χ2n) is 5.37. The lowest BCUT2D eigenvalue weighted by Crippen LogP contribution is -2.37. The summed E-state index contributed by atoms with van der Waals surface area (Å²) in [5.41, 5.74) is 1.22. The summed E-state index contributed by atoms with van der Waals surface area (Å²) >= 11 is 0. The number of nitrogens with one attached hydrogen (secondary N) is 1. The molecule has 4 heteroatoms. The highest BCUT2D eigenvalue weighted by molar-refractivity contribution is 5.43. The standard InChI is InChI=1S/C17H30N2O2/c1-7-14(8-2)19(4)12-15(18-3)13-9-10-16(20-5)17(11-13)21-6/h9-11,14-15,18H,7-8,12H2,1-6H3. The topological polar surface area (TPSA) is 33.7 Å². The first-order valence-electron chi connectivity index (χ1n) is 7.70. The van der Waals surface area contributed by atoms with E-state index in [0.717, 1.165) is 18.0 Å². The molecule has 1 aromatic rings. The van der Waals surface area contributed by atoms with Crippen molar-refractivity contribution in [2.24, 2.45) is 0 Å². The third kappa shape index (κ3) is 4.61. The van der Waals surface area contributed by atoms with E-state index in [1.165, 1.54) is 18.4 Å². The number of nitrogens with zero attached hydrogens (tertiary/aromatic N) is 1. The highest BCUT2D eigenvalue weighted by atomic mass is 16.5. The molecule has 21 heavy (non-hydrogen) atoms. The van der Waals surface area contributed by atoms with Crippen LogP contribution in [0.2, 0.25) is 0 Å². The molecule has 1 aromatic carbocycles. The molecule has 120 valence electrons. The van der Waals surface area contributed by atoms with Crippen LogP contribution in [0.4, 0.5) is 0 Å². The van der Waals surface area contributed by atoms with Crippen LogP contribution in [0.3, 0.4) is 0 Å². The monoisotopic (exact) mass is 294 g/mol. The molecule has 0 spiro atoms. The van der Waals surface area contributed by atoms with Crippen molar-refractivity contribution in [1.82, 2.24) is 10.2 Å². The van der Waals surface area contributed by atoms with Gasteiger partial charge in [-0.2, -0.15) is 0 Å². The van der Waals surface area contributed by atoms with Crippen molar-refractivity contribution < 1.29 is 9.47 Å². The van der Waals surface area contributed by atoms with Gasteiger partial charge in [-0.05, 0) is 44.6 Å². The summed E-state index contributed by atoms with van der Waals surface area (Å²) in [6.45, 7) is 5.46. The van der Waals surface area contributed by atoms with Crippen molar-refractivity contribution >= 4 is 0 Å². The first kappa shape index (κ1) is 17.8. The zero-order valence-corrected chi connectivity index (χ0v) is 14.3. The highest BCUT2D eigenvalue weighted by Crippen LogP contribution is 2.30. The van der Waals surface area contributed by atoms with Gasteiger partial charge < -0.3 is 19.7 Å². The molecule has 0 saturated heterocycles. The molecule has 1 unspecified atom stereocenters. The van der Waals surface area contributed by atoms with E-state index in [4.69, 9.17) is 9.47 Å². The minimum absolute atomic E-state index is 0.274. The zero-order chi connectivity index (χ0) is 15.8. The molecule has 0 aromatic heterocycles. The van der Waals surface area contributed by atoms with Crippen LogP contribution >= 0.6 is 0 Å². The first-order chi connectivity index (χ1) is 10.1. The van der Waals surface area contributed by atoms with E-state index in [1.807, 2.05) is 13.1 Å². The molecule has 0 aliphatic carbocycles. The molecule has 0 saturated carbocycles. The number of rotatable bonds is 9. The molecule has 4 nitrogen and oxygen atoms in total. The fourth-order valence-electron chi connectivity index (χ4n) is 2.78. The van der Waals surface area contributed by atoms with Crippen molar-refractivity contribution in [3.63, 3.8) is 0 Å². The summed E-state index contributed by atoms with van der Waals surface area (Å²) in [6.07, 6.45) is 2.35. The number of benzene rings is 1. The van der Waals surface area contributed by atoms with Gasteiger partial charge >= 0.3 is 0 Å². The lowest BCUT2D eigenvalue weighted by Gasteiger charge is -2.30. The molecule has 0 fully saturated rings. The number of likely N-dealkylation sites (N-methyl/N-ethyl adjacent to an activating group) is 2. The summed E-state index contributed by atoms with van der Waals surface area (Å²) in [6, 6.07) is 7.02. The second-order valence-corrected chi connectivity index (χ2v) is 5.37. The lowest BCUT2D eigenvalue weighted by molar-refractivity contribution is 0.208. The minimum Gasteiger partial charge on any atom is -0.493 e. The summed E-state index contributed by atoms with van der Waals surface area (Å²) in [4.78, 5) is 2.43. The van der Waals surface area contributed by atoms with Crippen LogP contribution < -0.4 is 14.8 Å². The molecule has 0 aliphatic rings. The van der Waals surface area contributed by atoms with Gasteiger partial charge in [-0.15, -0.1) is 0 Å². The summed E-state index contributed by atoms with van der Waals surface area (Å²) in [5.74, 6) is 1.55. The average Bonchev–Trinajstić information content (AvgIpc) is 2.53. The van der Waals surface area contributed by atoms with Crippen molar-refractivity contribution in [3.05, 3.63) is 23.8 Å². The predicted octanol–water partition coefficient (Wildman–Crippen LogP) is 3.08. The Morgan fingerprint density at radius 1 is 1.10 bits per heavy atom. The van der Waals surface area contributed by atoms with Crippen molar-refractivity contribution in [2.45, 2.75) is 38.8 Å². The van der Waals surface area contributed by atoms with Crippen LogP contribution in [-0.4, -0.2) is 45.8 Å². The Kier molecular flexibility index (Phi) is 7.54. The van der Waals surface area contributed by atoms with Gasteiger partial charge in [-0.25, -0.2) is 0 Å². The van der Waals surface area contributed by atoms with E-state index in [-0.39, 0.29) is 6.04 Å². The lowest BCUT2D eigenvalue weighted by atomic mass is 10.0. The quantitative estimate of drug-likeness (QED) is 0.759. The third-order valence-electron chi connectivity index (χ3n) is 4.19. The van der Waals surface area contributed by atoms with Crippen molar-refractivity contribution in [3.8, 4) is 11.5 Å². The Balaban J connectivity index is 2.89. The van der Waals surface area contributed by atoms with Crippen LogP contribution in [0.1, 0.15) is 38.3 Å². The van der Waals surface area contributed by atoms with Crippen LogP contribution in [0.15, 0.2) is 18.2 Å². The minimum atomic E-state index is 0.274. The summed E-state index contributed by atoms with van der Waals surface area (Å²) in [7, 11) is 7.53. The average molecular weight is 294 g/mol. The maximum atomic E-state index is 5.40. The Bertz CT molecular complexity index is 419.